The number of amides is 1. The number of fused-ring (bicyclic) bond motifs is 2. The fourth-order valence-electron chi connectivity index (χ4n) is 6.67. The van der Waals surface area contributed by atoms with E-state index in [2.05, 4.69) is 33.4 Å². The number of thiophene rings is 1. The SMILES string of the molecule is COc1cc2c(cc1OC)CN(CCc1ccc(NC(=O)c3ccc(/C=c4\[nH]c(=O)/c(=C/c5sc6ccccc6c5C)n(C)c4=O)cc3)cc1)CC2. The molecule has 1 amide bonds. The Morgan fingerprint density at radius 3 is 2.35 bits per heavy atom. The first-order valence-corrected chi connectivity index (χ1v) is 18.0. The number of benzene rings is 4. The zero-order valence-electron chi connectivity index (χ0n) is 29.6. The summed E-state index contributed by atoms with van der Waals surface area (Å²) in [6.07, 6.45) is 5.26. The molecule has 1 aliphatic rings. The number of H-pyrrole nitrogens is 1. The van der Waals surface area contributed by atoms with E-state index in [1.807, 2.05) is 49.4 Å². The lowest BCUT2D eigenvalue weighted by Crippen LogP contribution is -2.52. The number of rotatable bonds is 9. The van der Waals surface area contributed by atoms with E-state index in [9.17, 15) is 14.4 Å². The molecule has 0 saturated carbocycles. The second-order valence-corrected chi connectivity index (χ2v) is 14.1. The Bertz CT molecular complexity index is 2530. The molecule has 10 heteroatoms. The molecule has 0 radical (unpaired) electrons. The Morgan fingerprint density at radius 2 is 1.63 bits per heavy atom. The van der Waals surface area contributed by atoms with Gasteiger partial charge in [-0.1, -0.05) is 42.5 Å². The average molecular weight is 713 g/mol. The summed E-state index contributed by atoms with van der Waals surface area (Å²) in [5.41, 5.74) is 6.04. The van der Waals surface area contributed by atoms with E-state index in [1.54, 1.807) is 69.0 Å². The molecule has 52 heavy (non-hydrogen) atoms. The molecule has 3 heterocycles. The lowest BCUT2D eigenvalue weighted by atomic mass is 9.98. The van der Waals surface area contributed by atoms with Crippen molar-refractivity contribution in [2.24, 2.45) is 7.05 Å². The van der Waals surface area contributed by atoms with Crippen LogP contribution in [0.1, 0.15) is 43.1 Å². The van der Waals surface area contributed by atoms with Crippen LogP contribution in [0.5, 0.6) is 11.5 Å². The molecule has 0 fully saturated rings. The maximum absolute atomic E-state index is 13.3. The first-order valence-electron chi connectivity index (χ1n) is 17.2. The summed E-state index contributed by atoms with van der Waals surface area (Å²) < 4.78 is 13.5. The van der Waals surface area contributed by atoms with Gasteiger partial charge in [0.2, 0.25) is 0 Å². The molecule has 7 rings (SSSR count). The van der Waals surface area contributed by atoms with Crippen molar-refractivity contribution in [2.75, 3.05) is 32.6 Å². The molecular formula is C42H40N4O5S. The second-order valence-electron chi connectivity index (χ2n) is 13.0. The Morgan fingerprint density at radius 1 is 0.923 bits per heavy atom. The maximum atomic E-state index is 13.3. The first kappa shape index (κ1) is 34.7. The number of hydrogen-bond donors (Lipinski definition) is 2. The largest absolute Gasteiger partial charge is 0.493 e. The van der Waals surface area contributed by atoms with E-state index in [1.165, 1.54) is 21.3 Å². The van der Waals surface area contributed by atoms with Crippen LogP contribution in [0.15, 0.2) is 94.5 Å². The van der Waals surface area contributed by atoms with Gasteiger partial charge in [0.1, 0.15) is 10.7 Å². The summed E-state index contributed by atoms with van der Waals surface area (Å²) >= 11 is 1.59. The summed E-state index contributed by atoms with van der Waals surface area (Å²) in [6.45, 7) is 4.80. The van der Waals surface area contributed by atoms with E-state index in [4.69, 9.17) is 9.47 Å². The van der Waals surface area contributed by atoms with Crippen LogP contribution in [0.4, 0.5) is 5.69 Å². The number of aromatic amines is 1. The van der Waals surface area contributed by atoms with E-state index >= 15 is 0 Å². The highest BCUT2D eigenvalue weighted by Gasteiger charge is 2.19. The van der Waals surface area contributed by atoms with Gasteiger partial charge in [-0.3, -0.25) is 19.3 Å². The molecule has 0 spiro atoms. The minimum absolute atomic E-state index is 0.168. The molecule has 2 aromatic heterocycles. The Balaban J connectivity index is 0.981. The van der Waals surface area contributed by atoms with Crippen LogP contribution >= 0.6 is 11.3 Å². The lowest BCUT2D eigenvalue weighted by Gasteiger charge is -2.29. The van der Waals surface area contributed by atoms with E-state index in [-0.39, 0.29) is 27.7 Å². The Labute approximate surface area is 305 Å². The molecule has 0 saturated heterocycles. The molecule has 6 aromatic rings. The Kier molecular flexibility index (Phi) is 9.93. The van der Waals surface area contributed by atoms with Crippen molar-refractivity contribution in [3.05, 3.63) is 155 Å². The molecule has 2 N–H and O–H groups in total. The quantitative estimate of drug-likeness (QED) is 0.216. The van der Waals surface area contributed by atoms with Gasteiger partial charge in [-0.25, -0.2) is 0 Å². The highest BCUT2D eigenvalue weighted by Crippen LogP contribution is 2.33. The van der Waals surface area contributed by atoms with Crippen molar-refractivity contribution >= 4 is 45.2 Å². The normalized spacial score (nSPS) is 13.7. The van der Waals surface area contributed by atoms with Gasteiger partial charge in [0.05, 0.1) is 14.2 Å². The van der Waals surface area contributed by atoms with Crippen LogP contribution in [-0.2, 0) is 26.4 Å². The highest BCUT2D eigenvalue weighted by atomic mass is 32.1. The van der Waals surface area contributed by atoms with Gasteiger partial charge in [0.25, 0.3) is 17.0 Å². The van der Waals surface area contributed by atoms with E-state index < -0.39 is 0 Å². The summed E-state index contributed by atoms with van der Waals surface area (Å²) in [5, 5.41) is 4.56. The van der Waals surface area contributed by atoms with Gasteiger partial charge in [-0.2, -0.15) is 0 Å². The summed E-state index contributed by atoms with van der Waals surface area (Å²) in [5.74, 6) is 1.29. The third kappa shape index (κ3) is 7.21. The number of methoxy groups -OCH3 is 2. The van der Waals surface area contributed by atoms with Crippen LogP contribution in [0.25, 0.3) is 22.2 Å². The number of nitrogens with zero attached hydrogens (tertiary/aromatic N) is 2. The predicted molar refractivity (Wildman–Crippen MR) is 208 cm³/mol. The van der Waals surface area contributed by atoms with Gasteiger partial charge in [0.15, 0.2) is 11.5 Å². The minimum atomic E-state index is -0.355. The number of ether oxygens (including phenoxy) is 2. The summed E-state index contributed by atoms with van der Waals surface area (Å²) in [4.78, 5) is 45.6. The van der Waals surface area contributed by atoms with Crippen LogP contribution in [-0.4, -0.2) is 47.7 Å². The monoisotopic (exact) mass is 712 g/mol. The fraction of sp³-hybridized carbons (Fsp3) is 0.214. The Hall–Kier alpha value is -5.71. The zero-order chi connectivity index (χ0) is 36.4. The molecule has 264 valence electrons. The fourth-order valence-corrected chi connectivity index (χ4v) is 7.82. The highest BCUT2D eigenvalue weighted by molar-refractivity contribution is 7.20. The predicted octanol–water partition coefficient (Wildman–Crippen LogP) is 5.12. The van der Waals surface area contributed by atoms with Crippen molar-refractivity contribution in [3.63, 3.8) is 0 Å². The van der Waals surface area contributed by atoms with Crippen LogP contribution in [0, 0.1) is 6.92 Å². The standard InChI is InChI=1S/C42H40N4O5S/c1-26-33-7-5-6-8-38(33)52-39(26)24-35-41(48)44-34(42(49)45(35)2)21-28-9-13-29(14-10-28)40(47)43-32-15-11-27(12-16-32)17-19-46-20-18-30-22-36(50-3)37(51-4)23-31(30)25-46/h5-16,21-24H,17-20,25H2,1-4H3,(H,43,47)(H,44,48)/b34-21-,35-24-. The number of aromatic nitrogens is 2. The summed E-state index contributed by atoms with van der Waals surface area (Å²) in [6, 6.07) is 27.1. The lowest BCUT2D eigenvalue weighted by molar-refractivity contribution is 0.102. The van der Waals surface area contributed by atoms with Crippen molar-refractivity contribution in [3.8, 4) is 11.5 Å². The number of aryl methyl sites for hydroxylation is 1. The summed E-state index contributed by atoms with van der Waals surface area (Å²) in [7, 11) is 4.93. The van der Waals surface area contributed by atoms with Crippen LogP contribution in [0.2, 0.25) is 0 Å². The van der Waals surface area contributed by atoms with Crippen molar-refractivity contribution in [1.82, 2.24) is 14.5 Å². The average Bonchev–Trinajstić information content (AvgIpc) is 3.49. The van der Waals surface area contributed by atoms with Gasteiger partial charge in [-0.15, -0.1) is 11.3 Å². The number of anilines is 1. The maximum Gasteiger partial charge on any atom is 0.274 e. The molecule has 0 unspecified atom stereocenters. The number of nitrogens with one attached hydrogen (secondary N) is 2. The van der Waals surface area contributed by atoms with Gasteiger partial charge < -0.3 is 24.3 Å². The molecular weight excluding hydrogens is 673 g/mol. The smallest absolute Gasteiger partial charge is 0.274 e. The first-order chi connectivity index (χ1) is 25.2. The molecule has 1 aliphatic heterocycles. The molecule has 0 atom stereocenters. The van der Waals surface area contributed by atoms with Gasteiger partial charge >= 0.3 is 0 Å². The molecule has 0 bridgehead atoms. The molecule has 4 aromatic carbocycles. The van der Waals surface area contributed by atoms with Gasteiger partial charge in [-0.05, 0) is 108 Å². The molecule has 9 nitrogen and oxygen atoms in total. The van der Waals surface area contributed by atoms with Crippen molar-refractivity contribution in [1.29, 1.82) is 0 Å². The number of carbonyl (C=O) groups is 1. The van der Waals surface area contributed by atoms with Crippen LogP contribution in [0.3, 0.4) is 0 Å². The minimum Gasteiger partial charge on any atom is -0.493 e. The van der Waals surface area contributed by atoms with Crippen molar-refractivity contribution in [2.45, 2.75) is 26.3 Å². The number of hydrogen-bond acceptors (Lipinski definition) is 7. The van der Waals surface area contributed by atoms with Crippen LogP contribution < -0.4 is 36.6 Å². The van der Waals surface area contributed by atoms with E-state index in [0.717, 1.165) is 64.5 Å². The number of carbonyl (C=O) groups excluding carboxylic acids is 1. The zero-order valence-corrected chi connectivity index (χ0v) is 30.4. The van der Waals surface area contributed by atoms with E-state index in [0.29, 0.717) is 16.8 Å². The second kappa shape index (κ2) is 14.9. The molecule has 0 aliphatic carbocycles. The van der Waals surface area contributed by atoms with Crippen molar-refractivity contribution < 1.29 is 14.3 Å². The third-order valence-electron chi connectivity index (χ3n) is 9.74. The third-order valence-corrected chi connectivity index (χ3v) is 11.0. The van der Waals surface area contributed by atoms with Gasteiger partial charge in [0, 0.05) is 47.5 Å². The topological polar surface area (TPSA) is 106 Å².